The third-order valence-corrected chi connectivity index (χ3v) is 11.8. The van der Waals surface area contributed by atoms with Crippen molar-refractivity contribution < 1.29 is 0 Å². The normalized spacial score (nSPS) is 9.62. The first-order valence-corrected chi connectivity index (χ1v) is 18.2. The molecule has 0 aromatic carbocycles. The zero-order valence-corrected chi connectivity index (χ0v) is 32.1. The summed E-state index contributed by atoms with van der Waals surface area (Å²) in [5, 5.41) is 0. The van der Waals surface area contributed by atoms with Gasteiger partial charge in [-0.2, -0.15) is 0 Å². The van der Waals surface area contributed by atoms with Crippen LogP contribution < -0.4 is 0 Å². The fraction of sp³-hybridized carbons (Fsp3) is 0. The second-order valence-corrected chi connectivity index (χ2v) is 18.0. The molecule has 0 atom stereocenters. The van der Waals surface area contributed by atoms with Crippen molar-refractivity contribution in [2.45, 2.75) is 0 Å². The summed E-state index contributed by atoms with van der Waals surface area (Å²) < 4.78 is 0. The molecule has 0 aromatic heterocycles. The Morgan fingerprint density at radius 3 is 0.500 bits per heavy atom. The van der Waals surface area contributed by atoms with E-state index in [4.69, 9.17) is 11.5 Å². The zero-order valence-electron chi connectivity index (χ0n) is 31.3. The van der Waals surface area contributed by atoms with Gasteiger partial charge >= 0.3 is 0 Å². The van der Waals surface area contributed by atoms with Gasteiger partial charge in [-0.05, 0) is 0 Å². The molecule has 0 unspecified atom stereocenters. The van der Waals surface area contributed by atoms with Crippen LogP contribution >= 0.6 is 11.5 Å². The van der Waals surface area contributed by atoms with Crippen molar-refractivity contribution in [3.63, 3.8) is 0 Å². The average Bonchev–Trinajstić information content (AvgIpc) is 2.73. The van der Waals surface area contributed by atoms with Crippen LogP contribution in [0.2, 0.25) is 0 Å². The van der Waals surface area contributed by atoms with Crippen LogP contribution in [0.15, 0.2) is 0 Å². The maximum Gasteiger partial charge on any atom is 0.161 e. The standard InChI is InChI=1S/B39ClH40/c1-21(2)32(22(3)4)37(33(23(5)6)24(7)8)39(36(29(17)18)30(19)31(20)40)38(34(25(9)10)26(11)12)35(27(13)14)28(15)16/h1-20H2. The molecular weight excluding hydrogens is 457 g/mol. The first-order valence-electron chi connectivity index (χ1n) is 17.8. The predicted molar refractivity (Wildman–Crippen MR) is 286 cm³/mol. The van der Waals surface area contributed by atoms with Crippen molar-refractivity contribution in [2.75, 3.05) is 0 Å². The van der Waals surface area contributed by atoms with Gasteiger partial charge in [0, 0.05) is 115 Å². The Labute approximate surface area is 285 Å². The summed E-state index contributed by atoms with van der Waals surface area (Å²) >= 11 is 7.14. The Morgan fingerprint density at radius 2 is 0.375 bits per heavy atom. The molecule has 0 aromatic rings. The van der Waals surface area contributed by atoms with E-state index in [0.29, 0.717) is 115 Å². The lowest BCUT2D eigenvalue weighted by Gasteiger charge is -2.53. The molecule has 0 rings (SSSR count). The Balaban J connectivity index is 8.34. The predicted octanol–water partition coefficient (Wildman–Crippen LogP) is -24.9. The Hall–Kier alpha value is 2.82. The monoisotopic (exact) mass is 505 g/mol. The Kier molecular flexibility index (Phi) is 20.8. The molecule has 0 nitrogen and oxygen atoms in total. The van der Waals surface area contributed by atoms with Crippen molar-refractivity contribution in [3.8, 4) is 0 Å². The maximum absolute atomic E-state index is 7.14. The Bertz CT molecular complexity index is 536. The third kappa shape index (κ3) is 11.6. The molecule has 0 aliphatic carbocycles. The fourth-order valence-electron chi connectivity index (χ4n) is 10.7. The molecule has 0 aliphatic heterocycles. The van der Waals surface area contributed by atoms with Crippen molar-refractivity contribution >= 4 is 287 Å². The quantitative estimate of drug-likeness (QED) is 0.165. The average molecular weight is 497 g/mol. The van der Waals surface area contributed by atoms with Crippen LogP contribution in [0.4, 0.5) is 0 Å². The second-order valence-electron chi connectivity index (χ2n) is 17.4. The summed E-state index contributed by atoms with van der Waals surface area (Å²) in [7, 11) is 50.3. The molecule has 0 fully saturated rings. The summed E-state index contributed by atoms with van der Waals surface area (Å²) in [4.78, 5) is 0. The highest BCUT2D eigenvalue weighted by atomic mass is 35.5. The fourth-order valence-corrected chi connectivity index (χ4v) is 10.8. The zero-order chi connectivity index (χ0) is 32.0. The molecular formula is H40B39Cl. The summed E-state index contributed by atoms with van der Waals surface area (Å²) in [6.45, 7) is 0. The van der Waals surface area contributed by atoms with Crippen LogP contribution in [-0.4, -0.2) is 276 Å². The smallest absolute Gasteiger partial charge is 0.161 e. The van der Waals surface area contributed by atoms with Gasteiger partial charge in [-0.25, -0.2) is 11.5 Å². The van der Waals surface area contributed by atoms with E-state index in [1.54, 1.807) is 0 Å². The van der Waals surface area contributed by atoms with E-state index in [9.17, 15) is 0 Å². The van der Waals surface area contributed by atoms with E-state index in [0.717, 1.165) is 0 Å². The summed E-state index contributed by atoms with van der Waals surface area (Å²) in [5.41, 5.74) is 0. The lowest BCUT2D eigenvalue weighted by Crippen LogP contribution is -2.92. The van der Waals surface area contributed by atoms with Crippen LogP contribution in [0.1, 0.15) is 0 Å². The molecule has 40 heteroatoms. The van der Waals surface area contributed by atoms with Gasteiger partial charge in [0.1, 0.15) is 0 Å². The van der Waals surface area contributed by atoms with E-state index in [2.05, 4.69) is 155 Å². The van der Waals surface area contributed by atoms with Gasteiger partial charge in [-0.3, -0.25) is 0 Å². The molecule has 0 heterocycles. The summed E-state index contributed by atoms with van der Waals surface area (Å²) in [6, 6.07) is 0. The Morgan fingerprint density at radius 1 is 0.225 bits per heavy atom. The minimum Gasteiger partial charge on any atom is -0.218 e. The minimum atomic E-state index is 0.178. The van der Waals surface area contributed by atoms with Crippen molar-refractivity contribution in [3.05, 3.63) is 0 Å². The second kappa shape index (κ2) is 19.5. The van der Waals surface area contributed by atoms with E-state index in [-0.39, 0.29) is 5.91 Å². The van der Waals surface area contributed by atoms with Gasteiger partial charge < -0.3 is 0 Å². The topological polar surface area (TPSA) is 0 Å². The minimum absolute atomic E-state index is 0.178. The number of rotatable bonds is 18. The highest BCUT2D eigenvalue weighted by Crippen LogP contribution is 2.19. The van der Waals surface area contributed by atoms with Gasteiger partial charge in [0.25, 0.3) is 0 Å². The van der Waals surface area contributed by atoms with E-state index < -0.39 is 0 Å². The van der Waals surface area contributed by atoms with Gasteiger partial charge in [-0.15, -0.1) is 0 Å². The van der Waals surface area contributed by atoms with Crippen molar-refractivity contribution in [1.29, 1.82) is 0 Å². The molecule has 0 saturated carbocycles. The molecule has 0 amide bonds. The lowest BCUT2D eigenvalue weighted by molar-refractivity contribution is 3.21. The highest BCUT2D eigenvalue weighted by molar-refractivity contribution is 8.32. The molecule has 0 spiro atoms. The van der Waals surface area contributed by atoms with Crippen LogP contribution in [0, 0.1) is 0 Å². The van der Waals surface area contributed by atoms with Crippen LogP contribution in [-0.2, 0) is 0 Å². The third-order valence-electron chi connectivity index (χ3n) is 11.4. The maximum atomic E-state index is 7.14. The van der Waals surface area contributed by atoms with E-state index >= 15 is 0 Å². The van der Waals surface area contributed by atoms with Crippen LogP contribution in [0.25, 0.3) is 0 Å². The van der Waals surface area contributed by atoms with Crippen molar-refractivity contribution in [1.82, 2.24) is 0 Å². The number of halogens is 1. The SMILES string of the molecule is BB(B)B(B(B)B)B(B(B(B)B)B(B)B)B(B(B(B)B)B(B)B(B)Cl)B(B(B(B)B)B(B)B)B(B(B)B)B(B)B. The van der Waals surface area contributed by atoms with Gasteiger partial charge in [0.2, 0.25) is 0 Å². The molecule has 40 heavy (non-hydrogen) atoms. The van der Waals surface area contributed by atoms with Crippen LogP contribution in [0.5, 0.6) is 0 Å². The summed E-state index contributed by atoms with van der Waals surface area (Å²) in [6.07, 6.45) is 11.8. The molecule has 0 aliphatic rings. The molecule has 0 N–H and O–H groups in total. The number of hydrogen-bond acceptors (Lipinski definition) is 0. The molecule has 164 valence electrons. The van der Waals surface area contributed by atoms with E-state index in [1.165, 1.54) is 0 Å². The first-order chi connectivity index (χ1) is 18.1. The first kappa shape index (κ1) is 42.8. The van der Waals surface area contributed by atoms with Gasteiger partial charge in [0.15, 0.2) is 5.91 Å². The van der Waals surface area contributed by atoms with Crippen molar-refractivity contribution in [2.24, 2.45) is 0 Å². The molecule has 0 saturated heterocycles. The molecule has 0 bridgehead atoms. The van der Waals surface area contributed by atoms with E-state index in [1.807, 2.05) is 0 Å². The lowest BCUT2D eigenvalue weighted by atomic mass is 8.27. The molecule has 0 radical (unpaired) electrons. The van der Waals surface area contributed by atoms with Gasteiger partial charge in [0.05, 0.1) is 155 Å². The highest BCUT2D eigenvalue weighted by Gasteiger charge is 2.58. The number of hydrogen-bond donors (Lipinski definition) is 0. The van der Waals surface area contributed by atoms with Gasteiger partial charge in [-0.1, -0.05) is 0 Å². The largest absolute Gasteiger partial charge is 0.218 e. The van der Waals surface area contributed by atoms with Crippen LogP contribution in [0.3, 0.4) is 0 Å². The summed E-state index contributed by atoms with van der Waals surface area (Å²) in [5.74, 6) is 0.178.